The lowest BCUT2D eigenvalue weighted by Gasteiger charge is -1.31. The maximum Gasteiger partial charge on any atom is -0.0473 e. The molecule has 0 aromatic carbocycles. The SMILES string of the molecule is C=CC.N.O. The molecule has 0 aromatic heterocycles. The predicted octanol–water partition coefficient (Wildman–Crippen LogP) is 0.530. The minimum atomic E-state index is 0. The van der Waals surface area contributed by atoms with Crippen molar-refractivity contribution in [3.05, 3.63) is 12.7 Å². The summed E-state index contributed by atoms with van der Waals surface area (Å²) in [7, 11) is 0. The Morgan fingerprint density at radius 3 is 1.60 bits per heavy atom. The van der Waals surface area contributed by atoms with E-state index < -0.39 is 0 Å². The van der Waals surface area contributed by atoms with Crippen LogP contribution in [0.25, 0.3) is 0 Å². The highest BCUT2D eigenvalue weighted by atomic mass is 16.0. The van der Waals surface area contributed by atoms with Crippen molar-refractivity contribution in [1.29, 1.82) is 0 Å². The summed E-state index contributed by atoms with van der Waals surface area (Å²) in [6.45, 7) is 5.25. The van der Waals surface area contributed by atoms with E-state index in [4.69, 9.17) is 0 Å². The topological polar surface area (TPSA) is 66.5 Å². The highest BCUT2D eigenvalue weighted by molar-refractivity contribution is 4.51. The molecule has 0 atom stereocenters. The third kappa shape index (κ3) is 87.2. The van der Waals surface area contributed by atoms with Gasteiger partial charge < -0.3 is 11.6 Å². The Kier molecular flexibility index (Phi) is 269. The van der Waals surface area contributed by atoms with Crippen LogP contribution in [0, 0.1) is 0 Å². The fraction of sp³-hybridized carbons (Fsp3) is 0.333. The second-order valence-electron chi connectivity index (χ2n) is 0.408. The fourth-order valence-corrected chi connectivity index (χ4v) is 0. The molecule has 5 N–H and O–H groups in total. The lowest BCUT2D eigenvalue weighted by atomic mass is 10.8. The first-order chi connectivity index (χ1) is 1.41. The molecular weight excluding hydrogens is 66.0 g/mol. The van der Waals surface area contributed by atoms with Crippen molar-refractivity contribution in [1.82, 2.24) is 6.15 Å². The van der Waals surface area contributed by atoms with E-state index in [0.717, 1.165) is 0 Å². The Bertz CT molecular complexity index is 14.4. The third-order valence-electron chi connectivity index (χ3n) is 0. The molecule has 0 saturated heterocycles. The summed E-state index contributed by atoms with van der Waals surface area (Å²) in [5.41, 5.74) is 0. The van der Waals surface area contributed by atoms with E-state index >= 15 is 0 Å². The lowest BCUT2D eigenvalue weighted by Crippen LogP contribution is -1.07. The maximum absolute atomic E-state index is 3.36. The molecule has 0 aliphatic rings. The van der Waals surface area contributed by atoms with Crippen molar-refractivity contribution in [3.8, 4) is 0 Å². The number of rotatable bonds is 0. The number of hydrogen-bond donors (Lipinski definition) is 1. The van der Waals surface area contributed by atoms with Crippen molar-refractivity contribution in [2.75, 3.05) is 0 Å². The van der Waals surface area contributed by atoms with Gasteiger partial charge in [0.05, 0.1) is 0 Å². The summed E-state index contributed by atoms with van der Waals surface area (Å²) in [6, 6.07) is 0. The normalized spacial score (nSPS) is 2.60. The van der Waals surface area contributed by atoms with Gasteiger partial charge >= 0.3 is 0 Å². The van der Waals surface area contributed by atoms with E-state index in [2.05, 4.69) is 6.58 Å². The third-order valence-corrected chi connectivity index (χ3v) is 0. The zero-order valence-electron chi connectivity index (χ0n) is 3.49. The van der Waals surface area contributed by atoms with Crippen LogP contribution in [0.3, 0.4) is 0 Å². The molecule has 0 heterocycles. The summed E-state index contributed by atoms with van der Waals surface area (Å²) < 4.78 is 0. The van der Waals surface area contributed by atoms with E-state index in [9.17, 15) is 0 Å². The second-order valence-corrected chi connectivity index (χ2v) is 0.408. The van der Waals surface area contributed by atoms with Gasteiger partial charge in [-0.1, -0.05) is 6.08 Å². The van der Waals surface area contributed by atoms with Crippen LogP contribution < -0.4 is 6.15 Å². The van der Waals surface area contributed by atoms with Gasteiger partial charge in [0.25, 0.3) is 0 Å². The molecule has 2 nitrogen and oxygen atoms in total. The first-order valence-electron chi connectivity index (χ1n) is 0.986. The summed E-state index contributed by atoms with van der Waals surface area (Å²) in [5.74, 6) is 0. The molecule has 5 heavy (non-hydrogen) atoms. The van der Waals surface area contributed by atoms with Gasteiger partial charge in [0.15, 0.2) is 0 Å². The molecule has 0 aliphatic carbocycles. The average molecular weight is 77.1 g/mol. The van der Waals surface area contributed by atoms with Gasteiger partial charge in [-0.3, -0.25) is 0 Å². The molecule has 0 saturated carbocycles. The molecule has 0 fully saturated rings. The molecule has 34 valence electrons. The maximum atomic E-state index is 3.36. The molecule has 0 aliphatic heterocycles. The summed E-state index contributed by atoms with van der Waals surface area (Å²) in [6.07, 6.45) is 1.75. The molecule has 0 rings (SSSR count). The van der Waals surface area contributed by atoms with E-state index in [-0.39, 0.29) is 11.6 Å². The van der Waals surface area contributed by atoms with E-state index in [1.165, 1.54) is 0 Å². The quantitative estimate of drug-likeness (QED) is 0.421. The zero-order valence-corrected chi connectivity index (χ0v) is 3.49. The van der Waals surface area contributed by atoms with Crippen molar-refractivity contribution in [2.45, 2.75) is 6.92 Å². The van der Waals surface area contributed by atoms with Crippen LogP contribution in [0.15, 0.2) is 12.7 Å². The highest BCUT2D eigenvalue weighted by Gasteiger charge is 1.15. The monoisotopic (exact) mass is 77.1 g/mol. The predicted molar refractivity (Wildman–Crippen MR) is 24.5 cm³/mol. The molecule has 0 bridgehead atoms. The minimum Gasteiger partial charge on any atom is -0.412 e. The Labute approximate surface area is 32.4 Å². The van der Waals surface area contributed by atoms with Crippen LogP contribution in [-0.2, 0) is 0 Å². The smallest absolute Gasteiger partial charge is 0.0473 e. The van der Waals surface area contributed by atoms with Crippen LogP contribution in [0.1, 0.15) is 6.92 Å². The van der Waals surface area contributed by atoms with Crippen molar-refractivity contribution >= 4 is 0 Å². The molecular formula is C3H11NO. The van der Waals surface area contributed by atoms with Gasteiger partial charge in [-0.05, 0) is 6.92 Å². The standard InChI is InChI=1S/C3H6.H3N.H2O/c1-3-2;;/h3H,1H2,2H3;1H3;1H2. The largest absolute Gasteiger partial charge is 0.412 e. The Balaban J connectivity index is -0.0000000200. The van der Waals surface area contributed by atoms with E-state index in [1.54, 1.807) is 6.08 Å². The van der Waals surface area contributed by atoms with Crippen molar-refractivity contribution in [2.24, 2.45) is 0 Å². The number of allylic oxidation sites excluding steroid dienone is 1. The van der Waals surface area contributed by atoms with Crippen LogP contribution >= 0.6 is 0 Å². The molecule has 0 radical (unpaired) electrons. The van der Waals surface area contributed by atoms with Gasteiger partial charge in [0.2, 0.25) is 0 Å². The minimum absolute atomic E-state index is 0. The molecule has 2 heteroatoms. The Morgan fingerprint density at radius 2 is 1.60 bits per heavy atom. The van der Waals surface area contributed by atoms with E-state index in [1.807, 2.05) is 6.92 Å². The molecule has 0 amide bonds. The summed E-state index contributed by atoms with van der Waals surface area (Å²) in [4.78, 5) is 0. The first kappa shape index (κ1) is 22.7. The fourth-order valence-electron chi connectivity index (χ4n) is 0. The van der Waals surface area contributed by atoms with Gasteiger partial charge in [-0.15, -0.1) is 6.58 Å². The summed E-state index contributed by atoms with van der Waals surface area (Å²) in [5, 5.41) is 0. The summed E-state index contributed by atoms with van der Waals surface area (Å²) >= 11 is 0. The van der Waals surface area contributed by atoms with Crippen molar-refractivity contribution < 1.29 is 5.48 Å². The zero-order chi connectivity index (χ0) is 2.71. The van der Waals surface area contributed by atoms with Crippen LogP contribution in [0.4, 0.5) is 0 Å². The van der Waals surface area contributed by atoms with Crippen molar-refractivity contribution in [3.63, 3.8) is 0 Å². The molecule has 0 aromatic rings. The van der Waals surface area contributed by atoms with Crippen LogP contribution in [0.2, 0.25) is 0 Å². The highest BCUT2D eigenvalue weighted by Crippen LogP contribution is 1.38. The van der Waals surface area contributed by atoms with Crippen LogP contribution in [-0.4, -0.2) is 5.48 Å². The van der Waals surface area contributed by atoms with E-state index in [0.29, 0.717) is 0 Å². The Morgan fingerprint density at radius 1 is 1.60 bits per heavy atom. The van der Waals surface area contributed by atoms with Crippen LogP contribution in [0.5, 0.6) is 0 Å². The lowest BCUT2D eigenvalue weighted by molar-refractivity contribution is 0.824. The Hall–Kier alpha value is -0.340. The average Bonchev–Trinajstić information content (AvgIpc) is 0.918. The molecule has 0 spiro atoms. The molecule has 0 unspecified atom stereocenters. The van der Waals surface area contributed by atoms with Gasteiger partial charge in [-0.2, -0.15) is 0 Å². The number of hydrogen-bond acceptors (Lipinski definition) is 1. The first-order valence-corrected chi connectivity index (χ1v) is 0.986. The van der Waals surface area contributed by atoms with Gasteiger partial charge in [-0.25, -0.2) is 0 Å². The second kappa shape index (κ2) is 59.5. The van der Waals surface area contributed by atoms with Gasteiger partial charge in [0.1, 0.15) is 0 Å². The van der Waals surface area contributed by atoms with Gasteiger partial charge in [0, 0.05) is 0 Å².